The van der Waals surface area contributed by atoms with E-state index in [2.05, 4.69) is 25.0 Å². The lowest BCUT2D eigenvalue weighted by atomic mass is 10.3. The Morgan fingerprint density at radius 1 is 1.39 bits per heavy atom. The van der Waals surface area contributed by atoms with E-state index >= 15 is 0 Å². The Labute approximate surface area is 106 Å². The summed E-state index contributed by atoms with van der Waals surface area (Å²) in [5.74, 6) is 0.882. The van der Waals surface area contributed by atoms with Gasteiger partial charge in [-0.15, -0.1) is 0 Å². The van der Waals surface area contributed by atoms with Crippen molar-refractivity contribution in [3.05, 3.63) is 30.4 Å². The highest BCUT2D eigenvalue weighted by atomic mass is 15.3. The van der Waals surface area contributed by atoms with E-state index in [1.54, 1.807) is 11.0 Å². The molecule has 2 aromatic heterocycles. The van der Waals surface area contributed by atoms with Crippen molar-refractivity contribution in [3.63, 3.8) is 0 Å². The van der Waals surface area contributed by atoms with Gasteiger partial charge in [0.2, 0.25) is 0 Å². The maximum atomic E-state index is 4.28. The Bertz CT molecular complexity index is 510. The Morgan fingerprint density at radius 2 is 2.28 bits per heavy atom. The van der Waals surface area contributed by atoms with Crippen LogP contribution in [0.2, 0.25) is 0 Å². The molecule has 0 aromatic carbocycles. The van der Waals surface area contributed by atoms with Crippen LogP contribution in [0, 0.1) is 0 Å². The largest absolute Gasteiger partial charge is 0.333 e. The van der Waals surface area contributed by atoms with Gasteiger partial charge in [0.25, 0.3) is 0 Å². The summed E-state index contributed by atoms with van der Waals surface area (Å²) in [5, 5.41) is 7.79. The first-order chi connectivity index (χ1) is 8.81. The minimum atomic E-state index is 0.728. The molecule has 0 spiro atoms. The van der Waals surface area contributed by atoms with Crippen molar-refractivity contribution >= 4 is 0 Å². The molecule has 1 fully saturated rings. The summed E-state index contributed by atoms with van der Waals surface area (Å²) in [6.07, 6.45) is 9.01. The second-order valence-electron chi connectivity index (χ2n) is 4.82. The lowest BCUT2D eigenvalue weighted by Gasteiger charge is -2.07. The summed E-state index contributed by atoms with van der Waals surface area (Å²) in [6.45, 7) is 1.78. The molecular weight excluding hydrogens is 228 g/mol. The molecule has 0 bridgehead atoms. The van der Waals surface area contributed by atoms with E-state index < -0.39 is 0 Å². The minimum absolute atomic E-state index is 0.728. The van der Waals surface area contributed by atoms with Crippen LogP contribution in [0.3, 0.4) is 0 Å². The summed E-state index contributed by atoms with van der Waals surface area (Å²) in [6, 6.07) is 0.728. The van der Waals surface area contributed by atoms with Crippen molar-refractivity contribution in [2.75, 3.05) is 0 Å². The van der Waals surface area contributed by atoms with Crippen LogP contribution in [0.15, 0.2) is 18.9 Å². The van der Waals surface area contributed by atoms with Crippen molar-refractivity contribution in [2.45, 2.75) is 38.4 Å². The van der Waals surface area contributed by atoms with Crippen LogP contribution >= 0.6 is 0 Å². The van der Waals surface area contributed by atoms with Crippen molar-refractivity contribution in [1.82, 2.24) is 29.6 Å². The zero-order valence-electron chi connectivity index (χ0n) is 10.6. The molecule has 6 nitrogen and oxygen atoms in total. The summed E-state index contributed by atoms with van der Waals surface area (Å²) in [7, 11) is 1.89. The number of rotatable bonds is 6. The first-order valence-electron chi connectivity index (χ1n) is 6.38. The number of hydrogen-bond donors (Lipinski definition) is 1. The fourth-order valence-electron chi connectivity index (χ4n) is 1.95. The average Bonchev–Trinajstić information content (AvgIpc) is 2.93. The number of nitrogens with zero attached hydrogens (tertiary/aromatic N) is 5. The minimum Gasteiger partial charge on any atom is -0.333 e. The molecule has 0 atom stereocenters. The SMILES string of the molecule is Cn1cnc(CCn2cncc2CNC2CC2)n1. The van der Waals surface area contributed by atoms with E-state index in [1.807, 2.05) is 19.6 Å². The molecule has 1 aliphatic rings. The van der Waals surface area contributed by atoms with Crippen LogP contribution in [-0.4, -0.2) is 30.4 Å². The first kappa shape index (κ1) is 11.4. The Hall–Kier alpha value is -1.69. The third-order valence-corrected chi connectivity index (χ3v) is 3.17. The van der Waals surface area contributed by atoms with E-state index in [4.69, 9.17) is 0 Å². The molecule has 0 unspecified atom stereocenters. The maximum absolute atomic E-state index is 4.28. The van der Waals surface area contributed by atoms with Gasteiger partial charge >= 0.3 is 0 Å². The van der Waals surface area contributed by atoms with Gasteiger partial charge in [0.15, 0.2) is 5.82 Å². The zero-order valence-corrected chi connectivity index (χ0v) is 10.6. The van der Waals surface area contributed by atoms with Gasteiger partial charge in [0, 0.05) is 38.8 Å². The molecule has 1 aliphatic carbocycles. The molecule has 18 heavy (non-hydrogen) atoms. The Kier molecular flexibility index (Phi) is 3.10. The lowest BCUT2D eigenvalue weighted by molar-refractivity contribution is 0.595. The van der Waals surface area contributed by atoms with Gasteiger partial charge in [0.1, 0.15) is 6.33 Å². The molecule has 1 N–H and O–H groups in total. The van der Waals surface area contributed by atoms with Crippen molar-refractivity contribution in [2.24, 2.45) is 7.05 Å². The highest BCUT2D eigenvalue weighted by Crippen LogP contribution is 2.19. The van der Waals surface area contributed by atoms with Gasteiger partial charge in [-0.2, -0.15) is 5.10 Å². The third kappa shape index (κ3) is 2.76. The summed E-state index contributed by atoms with van der Waals surface area (Å²) in [5.41, 5.74) is 1.23. The second kappa shape index (κ2) is 4.89. The monoisotopic (exact) mass is 246 g/mol. The van der Waals surface area contributed by atoms with Crippen molar-refractivity contribution < 1.29 is 0 Å². The number of aryl methyl sites for hydroxylation is 3. The van der Waals surface area contributed by atoms with E-state index in [0.717, 1.165) is 31.4 Å². The van der Waals surface area contributed by atoms with Gasteiger partial charge in [-0.1, -0.05) is 0 Å². The number of imidazole rings is 1. The van der Waals surface area contributed by atoms with Crippen LogP contribution in [0.1, 0.15) is 24.4 Å². The van der Waals surface area contributed by atoms with E-state index in [-0.39, 0.29) is 0 Å². The van der Waals surface area contributed by atoms with E-state index in [9.17, 15) is 0 Å². The molecule has 0 saturated heterocycles. The van der Waals surface area contributed by atoms with Crippen LogP contribution in [-0.2, 0) is 26.6 Å². The fourth-order valence-corrected chi connectivity index (χ4v) is 1.95. The molecule has 0 amide bonds. The van der Waals surface area contributed by atoms with Crippen LogP contribution in [0.5, 0.6) is 0 Å². The van der Waals surface area contributed by atoms with Crippen LogP contribution in [0.25, 0.3) is 0 Å². The number of nitrogens with one attached hydrogen (secondary N) is 1. The molecular formula is C12H18N6. The molecule has 96 valence electrons. The smallest absolute Gasteiger partial charge is 0.152 e. The summed E-state index contributed by atoms with van der Waals surface area (Å²) < 4.78 is 3.91. The lowest BCUT2D eigenvalue weighted by Crippen LogP contribution is -2.18. The highest BCUT2D eigenvalue weighted by Gasteiger charge is 2.20. The molecule has 6 heteroatoms. The Balaban J connectivity index is 1.56. The predicted octanol–water partition coefficient (Wildman–Crippen LogP) is 0.506. The quantitative estimate of drug-likeness (QED) is 0.806. The van der Waals surface area contributed by atoms with Crippen LogP contribution in [0.4, 0.5) is 0 Å². The van der Waals surface area contributed by atoms with Gasteiger partial charge in [-0.25, -0.2) is 9.97 Å². The molecule has 3 rings (SSSR count). The van der Waals surface area contributed by atoms with Gasteiger partial charge < -0.3 is 9.88 Å². The maximum Gasteiger partial charge on any atom is 0.152 e. The number of aromatic nitrogens is 5. The van der Waals surface area contributed by atoms with Gasteiger partial charge in [0.05, 0.1) is 12.0 Å². The van der Waals surface area contributed by atoms with E-state index in [1.165, 1.54) is 18.5 Å². The second-order valence-corrected chi connectivity index (χ2v) is 4.82. The molecule has 2 aromatic rings. The topological polar surface area (TPSA) is 60.6 Å². The fraction of sp³-hybridized carbons (Fsp3) is 0.583. The summed E-state index contributed by atoms with van der Waals surface area (Å²) >= 11 is 0. The zero-order chi connectivity index (χ0) is 12.4. The average molecular weight is 246 g/mol. The predicted molar refractivity (Wildman–Crippen MR) is 66.8 cm³/mol. The van der Waals surface area contributed by atoms with Crippen molar-refractivity contribution in [3.8, 4) is 0 Å². The highest BCUT2D eigenvalue weighted by molar-refractivity contribution is 5.00. The standard InChI is InChI=1S/C12H18N6/c1-17-9-15-12(16-17)4-5-18-8-13-6-11(18)7-14-10-2-3-10/h6,8-10,14H,2-5,7H2,1H3. The summed E-state index contributed by atoms with van der Waals surface area (Å²) in [4.78, 5) is 8.45. The van der Waals surface area contributed by atoms with Crippen molar-refractivity contribution in [1.29, 1.82) is 0 Å². The van der Waals surface area contributed by atoms with Gasteiger partial charge in [-0.05, 0) is 12.8 Å². The van der Waals surface area contributed by atoms with Crippen LogP contribution < -0.4 is 5.32 Å². The third-order valence-electron chi connectivity index (χ3n) is 3.17. The molecule has 2 heterocycles. The number of hydrogen-bond acceptors (Lipinski definition) is 4. The molecule has 0 radical (unpaired) electrons. The first-order valence-corrected chi connectivity index (χ1v) is 6.38. The van der Waals surface area contributed by atoms with Gasteiger partial charge in [-0.3, -0.25) is 4.68 Å². The Morgan fingerprint density at radius 3 is 3.00 bits per heavy atom. The van der Waals surface area contributed by atoms with E-state index in [0.29, 0.717) is 0 Å². The molecule has 1 saturated carbocycles. The molecule has 0 aliphatic heterocycles. The normalized spacial score (nSPS) is 15.2.